The molecule has 0 aromatic heterocycles. The van der Waals surface area contributed by atoms with E-state index in [-0.39, 0.29) is 0 Å². The van der Waals surface area contributed by atoms with Crippen molar-refractivity contribution in [3.8, 4) is 5.75 Å². The standard InChI is InChI=1S/C15H25NO/c1-10(2)13-9-14(16(6)11(3)4)12(5)8-15(13)17-7/h8-11H,1-7H3. The number of rotatable bonds is 4. The maximum absolute atomic E-state index is 5.46. The molecule has 0 aliphatic carbocycles. The van der Waals surface area contributed by atoms with Gasteiger partial charge in [-0.1, -0.05) is 13.8 Å². The molecule has 0 spiro atoms. The number of ether oxygens (including phenoxy) is 1. The first-order chi connectivity index (χ1) is 7.88. The van der Waals surface area contributed by atoms with Gasteiger partial charge < -0.3 is 9.64 Å². The van der Waals surface area contributed by atoms with Crippen LogP contribution in [0.2, 0.25) is 0 Å². The fraction of sp³-hybridized carbons (Fsp3) is 0.600. The Morgan fingerprint density at radius 3 is 2.12 bits per heavy atom. The molecule has 1 rings (SSSR count). The second kappa shape index (κ2) is 5.44. The molecule has 1 aromatic rings. The maximum Gasteiger partial charge on any atom is 0.122 e. The first kappa shape index (κ1) is 13.9. The molecule has 0 fully saturated rings. The molecule has 0 N–H and O–H groups in total. The van der Waals surface area contributed by atoms with Gasteiger partial charge in [-0.25, -0.2) is 0 Å². The zero-order valence-corrected chi connectivity index (χ0v) is 12.2. The van der Waals surface area contributed by atoms with Crippen molar-refractivity contribution < 1.29 is 4.74 Å². The maximum atomic E-state index is 5.46. The summed E-state index contributed by atoms with van der Waals surface area (Å²) >= 11 is 0. The van der Waals surface area contributed by atoms with Gasteiger partial charge in [0.25, 0.3) is 0 Å². The Bertz CT molecular complexity index is 383. The van der Waals surface area contributed by atoms with Gasteiger partial charge in [-0.2, -0.15) is 0 Å². The summed E-state index contributed by atoms with van der Waals surface area (Å²) < 4.78 is 5.46. The topological polar surface area (TPSA) is 12.5 Å². The van der Waals surface area contributed by atoms with Crippen LogP contribution in [-0.2, 0) is 0 Å². The SMILES string of the molecule is COc1cc(C)c(N(C)C(C)C)cc1C(C)C. The van der Waals surface area contributed by atoms with E-state index in [0.717, 1.165) is 5.75 Å². The lowest BCUT2D eigenvalue weighted by molar-refractivity contribution is 0.407. The lowest BCUT2D eigenvalue weighted by atomic mass is 9.98. The summed E-state index contributed by atoms with van der Waals surface area (Å²) in [7, 11) is 3.88. The van der Waals surface area contributed by atoms with Crippen molar-refractivity contribution in [2.45, 2.75) is 46.6 Å². The van der Waals surface area contributed by atoms with Gasteiger partial charge in [-0.05, 0) is 49.9 Å². The van der Waals surface area contributed by atoms with Crippen LogP contribution in [0.15, 0.2) is 12.1 Å². The smallest absolute Gasteiger partial charge is 0.122 e. The summed E-state index contributed by atoms with van der Waals surface area (Å²) in [5.41, 5.74) is 3.84. The normalized spacial score (nSPS) is 11.1. The summed E-state index contributed by atoms with van der Waals surface area (Å²) in [4.78, 5) is 2.31. The molecule has 0 aliphatic rings. The van der Waals surface area contributed by atoms with Crippen LogP contribution in [-0.4, -0.2) is 20.2 Å². The average Bonchev–Trinajstić information content (AvgIpc) is 2.27. The highest BCUT2D eigenvalue weighted by molar-refractivity contribution is 5.59. The highest BCUT2D eigenvalue weighted by atomic mass is 16.5. The Labute approximate surface area is 106 Å². The minimum absolute atomic E-state index is 0.477. The zero-order valence-electron chi connectivity index (χ0n) is 12.2. The van der Waals surface area contributed by atoms with Crippen LogP contribution in [0.25, 0.3) is 0 Å². The monoisotopic (exact) mass is 235 g/mol. The van der Waals surface area contributed by atoms with Gasteiger partial charge in [0.05, 0.1) is 7.11 Å². The number of nitrogens with zero attached hydrogens (tertiary/aromatic N) is 1. The van der Waals surface area contributed by atoms with Crippen LogP contribution in [0.1, 0.15) is 44.7 Å². The molecule has 0 saturated carbocycles. The van der Waals surface area contributed by atoms with Crippen LogP contribution in [0.4, 0.5) is 5.69 Å². The second-order valence-corrected chi connectivity index (χ2v) is 5.24. The molecule has 0 atom stereocenters. The van der Waals surface area contributed by atoms with Crippen molar-refractivity contribution in [3.05, 3.63) is 23.3 Å². The van der Waals surface area contributed by atoms with E-state index in [1.54, 1.807) is 7.11 Å². The van der Waals surface area contributed by atoms with Gasteiger partial charge in [0.2, 0.25) is 0 Å². The van der Waals surface area contributed by atoms with Crippen molar-refractivity contribution >= 4 is 5.69 Å². The number of hydrogen-bond donors (Lipinski definition) is 0. The summed E-state index contributed by atoms with van der Waals surface area (Å²) in [6.07, 6.45) is 0. The average molecular weight is 235 g/mol. The van der Waals surface area contributed by atoms with Crippen LogP contribution in [0.5, 0.6) is 5.75 Å². The van der Waals surface area contributed by atoms with Crippen LogP contribution in [0.3, 0.4) is 0 Å². The van der Waals surface area contributed by atoms with Crippen molar-refractivity contribution in [2.24, 2.45) is 0 Å². The molecule has 96 valence electrons. The van der Waals surface area contributed by atoms with Gasteiger partial charge in [-0.15, -0.1) is 0 Å². The number of benzene rings is 1. The minimum atomic E-state index is 0.477. The van der Waals surface area contributed by atoms with E-state index in [1.165, 1.54) is 16.8 Å². The van der Waals surface area contributed by atoms with Crippen LogP contribution >= 0.6 is 0 Å². The molecule has 1 aromatic carbocycles. The number of anilines is 1. The van der Waals surface area contributed by atoms with Gasteiger partial charge in [0.1, 0.15) is 5.75 Å². The number of methoxy groups -OCH3 is 1. The molecule has 2 nitrogen and oxygen atoms in total. The zero-order chi connectivity index (χ0) is 13.2. The quantitative estimate of drug-likeness (QED) is 0.783. The third-order valence-corrected chi connectivity index (χ3v) is 3.32. The summed E-state index contributed by atoms with van der Waals surface area (Å²) in [6, 6.07) is 4.91. The molecular weight excluding hydrogens is 210 g/mol. The van der Waals surface area contributed by atoms with E-state index in [2.05, 4.69) is 58.7 Å². The third-order valence-electron chi connectivity index (χ3n) is 3.32. The summed E-state index contributed by atoms with van der Waals surface area (Å²) in [6.45, 7) is 11.0. The molecule has 0 saturated heterocycles. The molecule has 0 aliphatic heterocycles. The van der Waals surface area contributed by atoms with Gasteiger partial charge >= 0.3 is 0 Å². The molecule has 0 heterocycles. The predicted molar refractivity (Wildman–Crippen MR) is 75.4 cm³/mol. The molecule has 0 bridgehead atoms. The molecule has 0 radical (unpaired) electrons. The lowest BCUT2D eigenvalue weighted by Gasteiger charge is -2.27. The summed E-state index contributed by atoms with van der Waals surface area (Å²) in [5, 5.41) is 0. The fourth-order valence-electron chi connectivity index (χ4n) is 1.97. The third kappa shape index (κ3) is 2.93. The highest BCUT2D eigenvalue weighted by Crippen LogP contribution is 2.33. The van der Waals surface area contributed by atoms with E-state index in [4.69, 9.17) is 4.74 Å². The van der Waals surface area contributed by atoms with Crippen molar-refractivity contribution in [2.75, 3.05) is 19.1 Å². The largest absolute Gasteiger partial charge is 0.496 e. The molecular formula is C15H25NO. The van der Waals surface area contributed by atoms with Crippen LogP contribution in [0, 0.1) is 6.92 Å². The van der Waals surface area contributed by atoms with E-state index in [0.29, 0.717) is 12.0 Å². The minimum Gasteiger partial charge on any atom is -0.496 e. The molecule has 0 unspecified atom stereocenters. The van der Waals surface area contributed by atoms with Gasteiger partial charge in [0.15, 0.2) is 0 Å². The Morgan fingerprint density at radius 1 is 1.12 bits per heavy atom. The fourth-order valence-corrected chi connectivity index (χ4v) is 1.97. The van der Waals surface area contributed by atoms with Crippen LogP contribution < -0.4 is 9.64 Å². The van der Waals surface area contributed by atoms with Gasteiger partial charge in [-0.3, -0.25) is 0 Å². The molecule has 0 amide bonds. The van der Waals surface area contributed by atoms with E-state index in [1.807, 2.05) is 0 Å². The van der Waals surface area contributed by atoms with Crippen molar-refractivity contribution in [1.82, 2.24) is 0 Å². The van der Waals surface area contributed by atoms with Crippen molar-refractivity contribution in [3.63, 3.8) is 0 Å². The first-order valence-electron chi connectivity index (χ1n) is 6.29. The molecule has 2 heteroatoms. The first-order valence-corrected chi connectivity index (χ1v) is 6.29. The Morgan fingerprint density at radius 2 is 1.71 bits per heavy atom. The Balaban J connectivity index is 3.29. The van der Waals surface area contributed by atoms with E-state index < -0.39 is 0 Å². The number of hydrogen-bond acceptors (Lipinski definition) is 2. The second-order valence-electron chi connectivity index (χ2n) is 5.24. The Kier molecular flexibility index (Phi) is 4.44. The van der Waals surface area contributed by atoms with Gasteiger partial charge in [0, 0.05) is 18.8 Å². The van der Waals surface area contributed by atoms with E-state index in [9.17, 15) is 0 Å². The van der Waals surface area contributed by atoms with Crippen molar-refractivity contribution in [1.29, 1.82) is 0 Å². The summed E-state index contributed by atoms with van der Waals surface area (Å²) in [5.74, 6) is 1.48. The van der Waals surface area contributed by atoms with E-state index >= 15 is 0 Å². The predicted octanol–water partition coefficient (Wildman–Crippen LogP) is 3.97. The number of aryl methyl sites for hydroxylation is 1. The molecule has 17 heavy (non-hydrogen) atoms. The Hall–Kier alpha value is -1.18. The lowest BCUT2D eigenvalue weighted by Crippen LogP contribution is -2.26. The highest BCUT2D eigenvalue weighted by Gasteiger charge is 2.14.